The molecule has 15 aromatic rings. The Kier molecular flexibility index (Phi) is 33.6. The summed E-state index contributed by atoms with van der Waals surface area (Å²) in [6.07, 6.45) is 8.22. The van der Waals surface area contributed by atoms with E-state index in [0.29, 0.717) is 84.1 Å². The number of para-hydroxylation sites is 2. The van der Waals surface area contributed by atoms with E-state index >= 15 is 0 Å². The van der Waals surface area contributed by atoms with E-state index in [0.717, 1.165) is 113 Å². The monoisotopic (exact) mass is 1760 g/mol. The topological polar surface area (TPSA) is 357 Å². The van der Waals surface area contributed by atoms with E-state index in [9.17, 15) is 58.3 Å². The molecule has 666 valence electrons. The minimum Gasteiger partial charge on any atom is -0.494 e. The Morgan fingerprint density at radius 1 is 0.290 bits per heavy atom. The molecule has 0 saturated carbocycles. The van der Waals surface area contributed by atoms with E-state index < -0.39 is 41.5 Å². The summed E-state index contributed by atoms with van der Waals surface area (Å²) in [5, 5.41) is 61.9. The van der Waals surface area contributed by atoms with Crippen molar-refractivity contribution in [1.82, 2.24) is 24.9 Å². The Bertz CT molecular complexity index is 6350. The number of ether oxygens (including phenoxy) is 5. The molecule has 0 atom stereocenters. The number of nitrogens with one attached hydrogen (secondary N) is 5. The summed E-state index contributed by atoms with van der Waals surface area (Å²) in [4.78, 5) is 79.0. The standard InChI is InChI=1S/C22H22N2O3.2C21H20N2O3.2C20H17FN2O3/c1-4-27-18-7-5-6-16(12-18)21-15(3)11-17(13-23-21)24-20-9-8-14(2)10-19(20)22(25)26;1-3-26-17-8-6-7-15(12-17)20-14(2)11-16(13-22-20)23-19-10-5-4-9-18(19)21(24)25;1-3-26-17-6-4-5-15(12-17)19-10-8-16(13-22-19)23-20-9-7-14(2)11-18(20)21(24)25;1-2-26-18-9-5-7-14(19(18)21)16-11-10-13(12-22-16)23-17-8-4-3-6-15(17)20(24)25;1-2-26-16-5-3-4-13(10-16)18-9-7-15(12-22-18)23-19-8-6-14(21)11-17(19)20(24)25/h5-13,24H,4H2,1-3H3,(H,25,26);2*4-13,23H,3H2,1-2H3,(H,24,25);2*3-12,23H,2H2,1H3,(H,24,25). The van der Waals surface area contributed by atoms with Crippen LogP contribution in [-0.4, -0.2) is 113 Å². The molecule has 0 unspecified atom stereocenters. The zero-order valence-corrected chi connectivity index (χ0v) is 73.1. The molecular formula is C104H96F2N10O15. The van der Waals surface area contributed by atoms with Gasteiger partial charge >= 0.3 is 29.8 Å². The second-order valence-electron chi connectivity index (χ2n) is 29.0. The molecule has 131 heavy (non-hydrogen) atoms. The van der Waals surface area contributed by atoms with Gasteiger partial charge in [0.1, 0.15) is 28.8 Å². The van der Waals surface area contributed by atoms with Gasteiger partial charge in [0, 0.05) is 27.8 Å². The number of carboxylic acids is 5. The van der Waals surface area contributed by atoms with Crippen molar-refractivity contribution >= 4 is 86.7 Å². The Morgan fingerprint density at radius 2 is 0.611 bits per heavy atom. The highest BCUT2D eigenvalue weighted by Crippen LogP contribution is 2.36. The van der Waals surface area contributed by atoms with E-state index in [4.69, 9.17) is 23.7 Å². The second-order valence-corrected chi connectivity index (χ2v) is 29.0. The third-order valence-corrected chi connectivity index (χ3v) is 19.4. The zero-order chi connectivity index (χ0) is 93.5. The maximum absolute atomic E-state index is 14.5. The minimum absolute atomic E-state index is 0.140. The summed E-state index contributed by atoms with van der Waals surface area (Å²) < 4.78 is 55.1. The number of carboxylic acid groups (broad SMARTS) is 5. The number of aromatic carboxylic acids is 5. The van der Waals surface area contributed by atoms with Gasteiger partial charge in [-0.15, -0.1) is 0 Å². The second kappa shape index (κ2) is 46.4. The first-order chi connectivity index (χ1) is 63.3. The van der Waals surface area contributed by atoms with Gasteiger partial charge in [-0.2, -0.15) is 0 Å². The van der Waals surface area contributed by atoms with Gasteiger partial charge in [0.05, 0.1) is 177 Å². The number of anilines is 10. The minimum atomic E-state index is -1.20. The zero-order valence-electron chi connectivity index (χ0n) is 73.1. The number of nitrogens with zero attached hydrogens (tertiary/aromatic N) is 5. The molecule has 10 aromatic carbocycles. The summed E-state index contributed by atoms with van der Waals surface area (Å²) in [7, 11) is 0. The van der Waals surface area contributed by atoms with Crippen LogP contribution in [0.2, 0.25) is 0 Å². The molecule has 27 heteroatoms. The molecule has 0 aliphatic heterocycles. The summed E-state index contributed by atoms with van der Waals surface area (Å²) >= 11 is 0. The first-order valence-electron chi connectivity index (χ1n) is 41.7. The van der Waals surface area contributed by atoms with Gasteiger partial charge in [0.25, 0.3) is 0 Å². The van der Waals surface area contributed by atoms with Gasteiger partial charge < -0.3 is 75.8 Å². The fraction of sp³-hybridized carbons (Fsp3) is 0.135. The number of benzene rings is 10. The molecular weight excluding hydrogens is 1670 g/mol. The Labute approximate surface area is 756 Å². The number of aryl methyl sites for hydroxylation is 4. The fourth-order valence-electron chi connectivity index (χ4n) is 13.4. The van der Waals surface area contributed by atoms with E-state index in [1.165, 1.54) is 24.4 Å². The van der Waals surface area contributed by atoms with E-state index in [-0.39, 0.29) is 33.6 Å². The van der Waals surface area contributed by atoms with Crippen LogP contribution in [-0.2, 0) is 0 Å². The molecule has 5 aromatic heterocycles. The normalized spacial score (nSPS) is 10.4. The van der Waals surface area contributed by atoms with Crippen molar-refractivity contribution in [3.8, 4) is 85.0 Å². The molecule has 0 fully saturated rings. The lowest BCUT2D eigenvalue weighted by Gasteiger charge is -2.13. The van der Waals surface area contributed by atoms with E-state index in [1.54, 1.807) is 135 Å². The molecule has 15 rings (SSSR count). The van der Waals surface area contributed by atoms with E-state index in [1.807, 2.05) is 195 Å². The van der Waals surface area contributed by atoms with E-state index in [2.05, 4.69) is 51.5 Å². The van der Waals surface area contributed by atoms with Gasteiger partial charge in [0.2, 0.25) is 0 Å². The highest BCUT2D eigenvalue weighted by Gasteiger charge is 2.20. The fourth-order valence-corrected chi connectivity index (χ4v) is 13.4. The lowest BCUT2D eigenvalue weighted by Crippen LogP contribution is -2.04. The first kappa shape index (κ1) is 94.8. The number of carbonyl (C=O) groups is 5. The molecule has 5 heterocycles. The summed E-state index contributed by atoms with van der Waals surface area (Å²) in [5.41, 5.74) is 18.2. The van der Waals surface area contributed by atoms with Crippen molar-refractivity contribution < 1.29 is 82.0 Å². The maximum Gasteiger partial charge on any atom is 0.337 e. The van der Waals surface area contributed by atoms with Crippen LogP contribution in [0.15, 0.2) is 298 Å². The maximum atomic E-state index is 14.5. The summed E-state index contributed by atoms with van der Waals surface area (Å²) in [6.45, 7) is 20.1. The van der Waals surface area contributed by atoms with Crippen LogP contribution in [0.4, 0.5) is 65.7 Å². The largest absolute Gasteiger partial charge is 0.494 e. The van der Waals surface area contributed by atoms with Crippen LogP contribution in [0.3, 0.4) is 0 Å². The van der Waals surface area contributed by atoms with Crippen LogP contribution in [0.25, 0.3) is 56.3 Å². The van der Waals surface area contributed by atoms with Crippen molar-refractivity contribution in [3.63, 3.8) is 0 Å². The SMILES string of the molecule is CCOc1cccc(-c2ccc(Nc3ccc(C)cc3C(=O)O)cn2)c1.CCOc1cccc(-c2ccc(Nc3ccc(F)cc3C(=O)O)cn2)c1.CCOc1cccc(-c2ccc(Nc3ccccc3C(=O)O)cn2)c1F.CCOc1cccc(-c2ncc(Nc3ccc(C)cc3C(=O)O)cc2C)c1.CCOc1cccc(-c2ncc(Nc3ccccc3C(=O)O)cc2C)c1. The molecule has 0 aliphatic rings. The van der Waals surface area contributed by atoms with Crippen molar-refractivity contribution in [2.75, 3.05) is 59.6 Å². The number of aromatic nitrogens is 5. The smallest absolute Gasteiger partial charge is 0.337 e. The van der Waals surface area contributed by atoms with Gasteiger partial charge in [-0.3, -0.25) is 24.9 Å². The lowest BCUT2D eigenvalue weighted by molar-refractivity contribution is 0.0686. The highest BCUT2D eigenvalue weighted by molar-refractivity contribution is 5.98. The van der Waals surface area contributed by atoms with Crippen LogP contribution in [0.1, 0.15) is 109 Å². The molecule has 0 bridgehead atoms. The molecule has 0 radical (unpaired) electrons. The lowest BCUT2D eigenvalue weighted by atomic mass is 10.1. The molecule has 0 amide bonds. The Balaban J connectivity index is 0.000000158. The van der Waals surface area contributed by atoms with Crippen molar-refractivity contribution in [2.45, 2.75) is 62.3 Å². The summed E-state index contributed by atoms with van der Waals surface area (Å²) in [5.74, 6) is -2.81. The number of hydrogen-bond acceptors (Lipinski definition) is 20. The van der Waals surface area contributed by atoms with Gasteiger partial charge in [-0.25, -0.2) is 32.8 Å². The van der Waals surface area contributed by atoms with Crippen molar-refractivity contribution in [3.05, 3.63) is 360 Å². The average molecular weight is 1760 g/mol. The predicted octanol–water partition coefficient (Wildman–Crippen LogP) is 24.5. The van der Waals surface area contributed by atoms with Crippen molar-refractivity contribution in [1.29, 1.82) is 0 Å². The molecule has 25 nitrogen and oxygen atoms in total. The van der Waals surface area contributed by atoms with Gasteiger partial charge in [0.15, 0.2) is 11.6 Å². The third kappa shape index (κ3) is 26.6. The van der Waals surface area contributed by atoms with Crippen LogP contribution in [0.5, 0.6) is 28.7 Å². The van der Waals surface area contributed by atoms with Crippen LogP contribution in [0, 0.1) is 39.3 Å². The Morgan fingerprint density at radius 3 is 0.969 bits per heavy atom. The molecule has 10 N–H and O–H groups in total. The number of hydrogen-bond donors (Lipinski definition) is 10. The summed E-state index contributed by atoms with van der Waals surface area (Å²) in [6, 6.07) is 78.1. The molecule has 0 aliphatic carbocycles. The number of halogens is 2. The average Bonchev–Trinajstić information content (AvgIpc) is 0.822. The van der Waals surface area contributed by atoms with Gasteiger partial charge in [-0.1, -0.05) is 102 Å². The van der Waals surface area contributed by atoms with Crippen LogP contribution < -0.4 is 50.3 Å². The predicted molar refractivity (Wildman–Crippen MR) is 506 cm³/mol. The quantitative estimate of drug-likeness (QED) is 0.0200. The third-order valence-electron chi connectivity index (χ3n) is 19.4. The molecule has 0 saturated heterocycles. The number of rotatable bonds is 30. The van der Waals surface area contributed by atoms with Crippen molar-refractivity contribution in [2.24, 2.45) is 0 Å². The van der Waals surface area contributed by atoms with Crippen LogP contribution >= 0.6 is 0 Å². The Hall–Kier alpha value is -16.8. The van der Waals surface area contributed by atoms with Gasteiger partial charge in [-0.05, 0) is 249 Å². The first-order valence-corrected chi connectivity index (χ1v) is 41.7. The highest BCUT2D eigenvalue weighted by atomic mass is 19.1. The number of pyridine rings is 5. The molecule has 0 spiro atoms.